The molecule has 0 aliphatic carbocycles. The minimum atomic E-state index is 0.404. The Morgan fingerprint density at radius 2 is 2.13 bits per heavy atom. The van der Waals surface area contributed by atoms with Crippen LogP contribution in [0, 0.1) is 0 Å². The summed E-state index contributed by atoms with van der Waals surface area (Å²) in [6, 6.07) is 5.22. The van der Waals surface area contributed by atoms with Crippen molar-refractivity contribution in [1.82, 2.24) is 5.32 Å². The van der Waals surface area contributed by atoms with E-state index in [2.05, 4.69) is 20.5 Å². The number of benzene rings is 1. The minimum absolute atomic E-state index is 0.404. The molecule has 2 rings (SSSR count). The number of rotatable bonds is 1. The molecular formula is C9H8Cl2N4. The average Bonchev–Trinajstić information content (AvgIpc) is 2.73. The Morgan fingerprint density at radius 1 is 1.27 bits per heavy atom. The molecule has 0 spiro atoms. The molecule has 1 heterocycles. The molecule has 1 aliphatic heterocycles. The molecule has 0 saturated carbocycles. The van der Waals surface area contributed by atoms with Gasteiger partial charge < -0.3 is 5.32 Å². The number of azo groups is 1. The van der Waals surface area contributed by atoms with E-state index < -0.39 is 0 Å². The lowest BCUT2D eigenvalue weighted by molar-refractivity contribution is 0.953. The predicted molar refractivity (Wildman–Crippen MR) is 61.3 cm³/mol. The number of guanidine groups is 1. The summed E-state index contributed by atoms with van der Waals surface area (Å²) < 4.78 is 0. The van der Waals surface area contributed by atoms with Gasteiger partial charge in [-0.2, -0.15) is 0 Å². The Balaban J connectivity index is 2.20. The van der Waals surface area contributed by atoms with Crippen LogP contribution >= 0.6 is 23.2 Å². The summed E-state index contributed by atoms with van der Waals surface area (Å²) in [4.78, 5) is 4.07. The summed E-state index contributed by atoms with van der Waals surface area (Å²) in [5.74, 6) is 0.533. The molecule has 4 nitrogen and oxygen atoms in total. The van der Waals surface area contributed by atoms with E-state index in [1.807, 2.05) is 0 Å². The number of nitrogens with zero attached hydrogens (tertiary/aromatic N) is 3. The van der Waals surface area contributed by atoms with Crippen molar-refractivity contribution < 1.29 is 0 Å². The van der Waals surface area contributed by atoms with Gasteiger partial charge in [-0.25, -0.2) is 4.99 Å². The Labute approximate surface area is 97.0 Å². The standard InChI is InChI=1S/C9H8Cl2N4/c10-6-2-1-3-7(8(6)11)14-15-9-12-4-5-13-9/h1-3H,4-5H2,(H,12,13)/b15-14+. The molecule has 1 aromatic rings. The van der Waals surface area contributed by atoms with E-state index in [0.29, 0.717) is 21.7 Å². The van der Waals surface area contributed by atoms with Gasteiger partial charge in [0.05, 0.1) is 16.6 Å². The highest BCUT2D eigenvalue weighted by Crippen LogP contribution is 2.31. The van der Waals surface area contributed by atoms with Gasteiger partial charge in [-0.3, -0.25) is 0 Å². The van der Waals surface area contributed by atoms with E-state index >= 15 is 0 Å². The van der Waals surface area contributed by atoms with E-state index in [1.54, 1.807) is 18.2 Å². The van der Waals surface area contributed by atoms with Crippen molar-refractivity contribution in [1.29, 1.82) is 0 Å². The van der Waals surface area contributed by atoms with E-state index in [0.717, 1.165) is 13.1 Å². The quantitative estimate of drug-likeness (QED) is 0.757. The summed E-state index contributed by atoms with van der Waals surface area (Å²) in [5, 5.41) is 11.7. The van der Waals surface area contributed by atoms with Crippen molar-refractivity contribution in [2.75, 3.05) is 13.1 Å². The highest BCUT2D eigenvalue weighted by Gasteiger charge is 2.05. The Morgan fingerprint density at radius 3 is 2.87 bits per heavy atom. The number of hydrogen-bond acceptors (Lipinski definition) is 4. The van der Waals surface area contributed by atoms with Crippen molar-refractivity contribution in [3.8, 4) is 0 Å². The van der Waals surface area contributed by atoms with Crippen LogP contribution in [-0.4, -0.2) is 19.0 Å². The van der Waals surface area contributed by atoms with Gasteiger partial charge in [-0.05, 0) is 12.1 Å². The molecule has 15 heavy (non-hydrogen) atoms. The van der Waals surface area contributed by atoms with Crippen LogP contribution in [0.25, 0.3) is 0 Å². The van der Waals surface area contributed by atoms with Crippen molar-refractivity contribution in [2.24, 2.45) is 15.2 Å². The first-order chi connectivity index (χ1) is 7.27. The third-order valence-corrected chi connectivity index (χ3v) is 2.65. The van der Waals surface area contributed by atoms with Crippen LogP contribution in [0.5, 0.6) is 0 Å². The molecular weight excluding hydrogens is 235 g/mol. The van der Waals surface area contributed by atoms with Crippen LogP contribution in [0.3, 0.4) is 0 Å². The normalized spacial score (nSPS) is 15.5. The number of nitrogens with one attached hydrogen (secondary N) is 1. The first-order valence-electron chi connectivity index (χ1n) is 4.41. The van der Waals surface area contributed by atoms with Crippen molar-refractivity contribution in [3.63, 3.8) is 0 Å². The van der Waals surface area contributed by atoms with Gasteiger partial charge in [0, 0.05) is 6.54 Å². The molecule has 78 valence electrons. The zero-order chi connectivity index (χ0) is 10.7. The zero-order valence-electron chi connectivity index (χ0n) is 7.74. The van der Waals surface area contributed by atoms with Crippen LogP contribution in [0.1, 0.15) is 0 Å². The Kier molecular flexibility index (Phi) is 3.18. The van der Waals surface area contributed by atoms with Crippen molar-refractivity contribution >= 4 is 34.8 Å². The second kappa shape index (κ2) is 4.59. The molecule has 1 aliphatic rings. The van der Waals surface area contributed by atoms with Gasteiger partial charge in [0.2, 0.25) is 5.96 Å². The van der Waals surface area contributed by atoms with E-state index in [1.165, 1.54) is 0 Å². The first kappa shape index (κ1) is 10.4. The summed E-state index contributed by atoms with van der Waals surface area (Å²) in [7, 11) is 0. The largest absolute Gasteiger partial charge is 0.351 e. The Bertz CT molecular complexity index is 428. The lowest BCUT2D eigenvalue weighted by atomic mass is 10.3. The fraction of sp³-hybridized carbons (Fsp3) is 0.222. The lowest BCUT2D eigenvalue weighted by Crippen LogP contribution is -2.15. The van der Waals surface area contributed by atoms with Gasteiger partial charge in [0.15, 0.2) is 0 Å². The molecule has 0 aromatic heterocycles. The third kappa shape index (κ3) is 2.46. The molecule has 1 aromatic carbocycles. The average molecular weight is 243 g/mol. The van der Waals surface area contributed by atoms with Crippen LogP contribution in [0.2, 0.25) is 10.0 Å². The maximum atomic E-state index is 5.93. The third-order valence-electron chi connectivity index (χ3n) is 1.84. The number of hydrogen-bond donors (Lipinski definition) is 1. The molecule has 0 radical (unpaired) electrons. The van der Waals surface area contributed by atoms with Gasteiger partial charge in [-0.1, -0.05) is 29.3 Å². The van der Waals surface area contributed by atoms with Crippen LogP contribution in [-0.2, 0) is 0 Å². The first-order valence-corrected chi connectivity index (χ1v) is 5.17. The molecule has 1 N–H and O–H groups in total. The van der Waals surface area contributed by atoms with E-state index in [4.69, 9.17) is 23.2 Å². The maximum absolute atomic E-state index is 5.93. The molecule has 0 atom stereocenters. The molecule has 0 bridgehead atoms. The summed E-state index contributed by atoms with van der Waals surface area (Å²) in [6.07, 6.45) is 0. The second-order valence-corrected chi connectivity index (χ2v) is 3.69. The summed E-state index contributed by atoms with van der Waals surface area (Å²) in [5.41, 5.74) is 0.542. The topological polar surface area (TPSA) is 49.1 Å². The molecule has 0 amide bonds. The Hall–Kier alpha value is -1.13. The van der Waals surface area contributed by atoms with Gasteiger partial charge in [0.25, 0.3) is 0 Å². The lowest BCUT2D eigenvalue weighted by Gasteiger charge is -1.98. The number of aliphatic imine (C=N–C) groups is 1. The predicted octanol–water partition coefficient (Wildman–Crippen LogP) is 3.04. The maximum Gasteiger partial charge on any atom is 0.238 e. The SMILES string of the molecule is Clc1cccc(/N=N/C2=NCCN2)c1Cl. The van der Waals surface area contributed by atoms with E-state index in [-0.39, 0.29) is 0 Å². The van der Waals surface area contributed by atoms with Crippen LogP contribution in [0.15, 0.2) is 33.4 Å². The number of halogens is 2. The van der Waals surface area contributed by atoms with Gasteiger partial charge >= 0.3 is 0 Å². The molecule has 0 unspecified atom stereocenters. The highest BCUT2D eigenvalue weighted by atomic mass is 35.5. The van der Waals surface area contributed by atoms with E-state index in [9.17, 15) is 0 Å². The second-order valence-electron chi connectivity index (χ2n) is 2.91. The summed E-state index contributed by atoms with van der Waals surface area (Å²) in [6.45, 7) is 1.54. The monoisotopic (exact) mass is 242 g/mol. The highest BCUT2D eigenvalue weighted by molar-refractivity contribution is 6.43. The van der Waals surface area contributed by atoms with Crippen LogP contribution in [0.4, 0.5) is 5.69 Å². The molecule has 6 heteroatoms. The van der Waals surface area contributed by atoms with Crippen molar-refractivity contribution in [2.45, 2.75) is 0 Å². The fourth-order valence-corrected chi connectivity index (χ4v) is 1.46. The van der Waals surface area contributed by atoms with Crippen LogP contribution < -0.4 is 5.32 Å². The zero-order valence-corrected chi connectivity index (χ0v) is 9.26. The molecule has 0 fully saturated rings. The fourth-order valence-electron chi connectivity index (χ4n) is 1.12. The van der Waals surface area contributed by atoms with Gasteiger partial charge in [0.1, 0.15) is 5.69 Å². The van der Waals surface area contributed by atoms with Gasteiger partial charge in [-0.15, -0.1) is 10.2 Å². The minimum Gasteiger partial charge on any atom is -0.351 e. The smallest absolute Gasteiger partial charge is 0.238 e. The summed E-state index contributed by atoms with van der Waals surface area (Å²) >= 11 is 11.8. The molecule has 0 saturated heterocycles. The van der Waals surface area contributed by atoms with Crippen molar-refractivity contribution in [3.05, 3.63) is 28.2 Å².